The number of hydroxylamine groups is 1. The van der Waals surface area contributed by atoms with Gasteiger partial charge in [-0.2, -0.15) is 0 Å². The third kappa shape index (κ3) is 5.82. The number of amides is 1. The van der Waals surface area contributed by atoms with Crippen LogP contribution in [0, 0.1) is 0 Å². The fourth-order valence-electron chi connectivity index (χ4n) is 5.15. The summed E-state index contributed by atoms with van der Waals surface area (Å²) in [5.74, 6) is -0.287. The van der Waals surface area contributed by atoms with Crippen molar-refractivity contribution in [1.82, 2.24) is 19.8 Å². The molecule has 4 rings (SSSR count). The molecule has 6 heteroatoms. The van der Waals surface area contributed by atoms with Gasteiger partial charge in [-0.05, 0) is 79.2 Å². The number of likely N-dealkylation sites (N-methyl/N-ethyl adjacent to an activating group) is 1. The van der Waals surface area contributed by atoms with Crippen LogP contribution in [0.25, 0.3) is 22.0 Å². The van der Waals surface area contributed by atoms with Crippen LogP contribution in [0.15, 0.2) is 54.7 Å². The molecule has 0 spiro atoms. The van der Waals surface area contributed by atoms with E-state index in [-0.39, 0.29) is 5.91 Å². The number of rotatable bonds is 9. The van der Waals surface area contributed by atoms with Crippen LogP contribution in [0.5, 0.6) is 0 Å². The number of quaternary nitrogens is 1. The van der Waals surface area contributed by atoms with Crippen molar-refractivity contribution >= 4 is 22.5 Å². The third-order valence-corrected chi connectivity index (χ3v) is 7.20. The number of carbonyl (C=O) groups is 1. The first kappa shape index (κ1) is 23.5. The molecule has 3 N–H and O–H groups in total. The lowest BCUT2D eigenvalue weighted by Gasteiger charge is -2.37. The van der Waals surface area contributed by atoms with Gasteiger partial charge >= 0.3 is 0 Å². The molecule has 0 bridgehead atoms. The SMILES string of the molecule is CN1CCC[N+](CCCCCCC(=O)NO)(c2ccc(-c3ccc4cc[nH]c4c3)cc2)CC1. The van der Waals surface area contributed by atoms with Crippen molar-refractivity contribution in [3.05, 3.63) is 54.7 Å². The quantitative estimate of drug-likeness (QED) is 0.188. The van der Waals surface area contributed by atoms with Crippen LogP contribution >= 0.6 is 0 Å². The standard InChI is InChI=1S/C27H36N4O2/c1-30-16-6-19-31(20-17-30,18-5-3-2-4-7-27(32)29-33)25-12-10-22(11-13-25)24-9-8-23-14-15-28-26(23)21-24/h8-15,21,28H,2-7,16-20H2,1H3,(H-,29,32,33)/p+1. The first-order valence-electron chi connectivity index (χ1n) is 12.3. The Morgan fingerprint density at radius 1 is 1.00 bits per heavy atom. The Morgan fingerprint density at radius 3 is 2.61 bits per heavy atom. The summed E-state index contributed by atoms with van der Waals surface area (Å²) in [5, 5.41) is 9.88. The minimum atomic E-state index is -0.287. The smallest absolute Gasteiger partial charge is 0.243 e. The first-order chi connectivity index (χ1) is 16.1. The molecule has 0 radical (unpaired) electrons. The van der Waals surface area contributed by atoms with E-state index in [1.807, 2.05) is 6.20 Å². The highest BCUT2D eigenvalue weighted by Gasteiger charge is 2.32. The minimum absolute atomic E-state index is 0.287. The maximum atomic E-state index is 11.2. The molecule has 1 aromatic heterocycles. The Bertz CT molecular complexity index is 1050. The molecular formula is C27H37N4O2+. The highest BCUT2D eigenvalue weighted by molar-refractivity contribution is 5.85. The molecule has 1 atom stereocenters. The summed E-state index contributed by atoms with van der Waals surface area (Å²) >= 11 is 0. The molecule has 1 saturated heterocycles. The highest BCUT2D eigenvalue weighted by Crippen LogP contribution is 2.31. The van der Waals surface area contributed by atoms with E-state index >= 15 is 0 Å². The zero-order valence-electron chi connectivity index (χ0n) is 19.7. The number of fused-ring (bicyclic) bond motifs is 1. The number of H-pyrrole nitrogens is 1. The highest BCUT2D eigenvalue weighted by atomic mass is 16.5. The second-order valence-corrected chi connectivity index (χ2v) is 9.50. The van der Waals surface area contributed by atoms with Gasteiger partial charge in [0.25, 0.3) is 0 Å². The van der Waals surface area contributed by atoms with Gasteiger partial charge in [0.15, 0.2) is 0 Å². The Hall–Kier alpha value is -2.67. The fraction of sp³-hybridized carbons (Fsp3) is 0.444. The van der Waals surface area contributed by atoms with Gasteiger partial charge < -0.3 is 9.88 Å². The van der Waals surface area contributed by atoms with E-state index in [2.05, 4.69) is 65.5 Å². The average Bonchev–Trinajstić information content (AvgIpc) is 3.23. The lowest BCUT2D eigenvalue weighted by Crippen LogP contribution is -2.52. The Balaban J connectivity index is 1.46. The van der Waals surface area contributed by atoms with E-state index in [4.69, 9.17) is 5.21 Å². The molecule has 2 aromatic carbocycles. The van der Waals surface area contributed by atoms with Gasteiger partial charge in [0, 0.05) is 37.6 Å². The van der Waals surface area contributed by atoms with Crippen molar-refractivity contribution < 1.29 is 10.0 Å². The molecule has 1 unspecified atom stereocenters. The third-order valence-electron chi connectivity index (χ3n) is 7.20. The fourth-order valence-corrected chi connectivity index (χ4v) is 5.15. The van der Waals surface area contributed by atoms with Crippen molar-refractivity contribution in [3.8, 4) is 11.1 Å². The predicted molar refractivity (Wildman–Crippen MR) is 135 cm³/mol. The summed E-state index contributed by atoms with van der Waals surface area (Å²) in [7, 11) is 2.23. The zero-order chi connectivity index (χ0) is 23.1. The van der Waals surface area contributed by atoms with E-state index in [0.717, 1.165) is 56.3 Å². The number of hydrogen-bond donors (Lipinski definition) is 3. The molecule has 1 aliphatic heterocycles. The van der Waals surface area contributed by atoms with Gasteiger partial charge in [-0.25, -0.2) is 5.48 Å². The Kier molecular flexibility index (Phi) is 7.81. The lowest BCUT2D eigenvalue weighted by molar-refractivity contribution is -0.129. The normalized spacial score (nSPS) is 19.5. The second kappa shape index (κ2) is 11.0. The molecule has 33 heavy (non-hydrogen) atoms. The van der Waals surface area contributed by atoms with E-state index in [1.54, 1.807) is 5.48 Å². The topological polar surface area (TPSA) is 68.4 Å². The number of nitrogens with zero attached hydrogens (tertiary/aromatic N) is 2. The summed E-state index contributed by atoms with van der Waals surface area (Å²) in [6.07, 6.45) is 7.71. The molecule has 0 saturated carbocycles. The number of benzene rings is 2. The van der Waals surface area contributed by atoms with Crippen molar-refractivity contribution in [3.63, 3.8) is 0 Å². The van der Waals surface area contributed by atoms with Gasteiger partial charge in [0.2, 0.25) is 5.91 Å². The summed E-state index contributed by atoms with van der Waals surface area (Å²) in [6, 6.07) is 17.9. The van der Waals surface area contributed by atoms with E-state index < -0.39 is 0 Å². The summed E-state index contributed by atoms with van der Waals surface area (Å²) in [4.78, 5) is 17.0. The Labute approximate surface area is 196 Å². The van der Waals surface area contributed by atoms with Crippen LogP contribution in [0.2, 0.25) is 0 Å². The van der Waals surface area contributed by atoms with Crippen molar-refractivity contribution in [2.75, 3.05) is 39.8 Å². The lowest BCUT2D eigenvalue weighted by atomic mass is 10.0. The van der Waals surface area contributed by atoms with E-state index in [9.17, 15) is 4.79 Å². The van der Waals surface area contributed by atoms with Crippen molar-refractivity contribution in [2.45, 2.75) is 38.5 Å². The number of aromatic nitrogens is 1. The van der Waals surface area contributed by atoms with Crippen LogP contribution in [0.1, 0.15) is 38.5 Å². The van der Waals surface area contributed by atoms with Gasteiger partial charge in [-0.3, -0.25) is 14.5 Å². The summed E-state index contributed by atoms with van der Waals surface area (Å²) < 4.78 is 1.04. The maximum Gasteiger partial charge on any atom is 0.243 e. The molecule has 1 amide bonds. The minimum Gasteiger partial charge on any atom is -0.361 e. The van der Waals surface area contributed by atoms with Crippen LogP contribution < -0.4 is 9.96 Å². The molecule has 6 nitrogen and oxygen atoms in total. The number of nitrogens with one attached hydrogen (secondary N) is 2. The van der Waals surface area contributed by atoms with Gasteiger partial charge in [-0.15, -0.1) is 0 Å². The second-order valence-electron chi connectivity index (χ2n) is 9.50. The van der Waals surface area contributed by atoms with Gasteiger partial charge in [-0.1, -0.05) is 18.6 Å². The molecule has 2 heterocycles. The monoisotopic (exact) mass is 449 g/mol. The van der Waals surface area contributed by atoms with Gasteiger partial charge in [0.05, 0.1) is 19.6 Å². The van der Waals surface area contributed by atoms with E-state index in [0.29, 0.717) is 6.42 Å². The van der Waals surface area contributed by atoms with Crippen LogP contribution in [-0.4, -0.2) is 60.8 Å². The first-order valence-corrected chi connectivity index (χ1v) is 12.3. The molecule has 0 aliphatic carbocycles. The maximum absolute atomic E-state index is 11.2. The zero-order valence-corrected chi connectivity index (χ0v) is 19.7. The summed E-state index contributed by atoms with van der Waals surface area (Å²) in [6.45, 7) is 5.71. The average molecular weight is 450 g/mol. The van der Waals surface area contributed by atoms with Crippen LogP contribution in [-0.2, 0) is 4.79 Å². The summed E-state index contributed by atoms with van der Waals surface area (Å²) in [5.41, 5.74) is 6.80. The molecule has 1 fully saturated rings. The number of hydrogen-bond acceptors (Lipinski definition) is 3. The van der Waals surface area contributed by atoms with E-state index in [1.165, 1.54) is 40.7 Å². The largest absolute Gasteiger partial charge is 0.361 e. The Morgan fingerprint density at radius 2 is 1.79 bits per heavy atom. The molecule has 3 aromatic rings. The molecule has 1 aliphatic rings. The van der Waals surface area contributed by atoms with Crippen LogP contribution in [0.4, 0.5) is 5.69 Å². The number of unbranched alkanes of at least 4 members (excludes halogenated alkanes) is 3. The van der Waals surface area contributed by atoms with Crippen molar-refractivity contribution in [2.24, 2.45) is 0 Å². The number of carbonyl (C=O) groups excluding carboxylic acids is 1. The van der Waals surface area contributed by atoms with Gasteiger partial charge in [0.1, 0.15) is 5.69 Å². The molecule has 176 valence electrons. The molecular weight excluding hydrogens is 412 g/mol. The van der Waals surface area contributed by atoms with Crippen molar-refractivity contribution in [1.29, 1.82) is 0 Å². The predicted octanol–water partition coefficient (Wildman–Crippen LogP) is 4.93. The number of aromatic amines is 1. The van der Waals surface area contributed by atoms with Crippen LogP contribution in [0.3, 0.4) is 0 Å².